The number of carbonyl (C=O) groups is 1. The summed E-state index contributed by atoms with van der Waals surface area (Å²) in [6, 6.07) is 19.8. The van der Waals surface area contributed by atoms with Gasteiger partial charge in [0.1, 0.15) is 23.5 Å². The molecular weight excluding hydrogens is 416 g/mol. The molecule has 1 heterocycles. The van der Waals surface area contributed by atoms with E-state index >= 15 is 0 Å². The van der Waals surface area contributed by atoms with E-state index in [2.05, 4.69) is 5.32 Å². The number of hydrogen-bond donors (Lipinski definition) is 1. The zero-order valence-electron chi connectivity index (χ0n) is 17.2. The van der Waals surface area contributed by atoms with Crippen molar-refractivity contribution in [1.29, 1.82) is 0 Å². The summed E-state index contributed by atoms with van der Waals surface area (Å²) >= 11 is 0. The molecule has 4 rings (SSSR count). The first kappa shape index (κ1) is 20.7. The van der Waals surface area contributed by atoms with Crippen molar-refractivity contribution in [3.63, 3.8) is 0 Å². The normalized spacial score (nSPS) is 11.5. The number of amides is 1. The highest BCUT2D eigenvalue weighted by Gasteiger charge is 2.24. The lowest BCUT2D eigenvalue weighted by Gasteiger charge is -2.24. The fourth-order valence-corrected chi connectivity index (χ4v) is 4.32. The molecule has 160 valence electrons. The number of anilines is 2. The molecule has 31 heavy (non-hydrogen) atoms. The molecule has 4 aromatic rings. The van der Waals surface area contributed by atoms with Crippen molar-refractivity contribution in [3.05, 3.63) is 66.7 Å². The molecule has 1 amide bonds. The summed E-state index contributed by atoms with van der Waals surface area (Å²) < 4.78 is 37.3. The maximum absolute atomic E-state index is 12.7. The average Bonchev–Trinajstić information content (AvgIpc) is 3.10. The van der Waals surface area contributed by atoms with Crippen LogP contribution >= 0.6 is 0 Å². The van der Waals surface area contributed by atoms with Crippen LogP contribution < -0.4 is 14.4 Å². The zero-order valence-corrected chi connectivity index (χ0v) is 18.0. The number of nitrogens with one attached hydrogen (secondary N) is 1. The minimum Gasteiger partial charge on any atom is -0.492 e. The summed E-state index contributed by atoms with van der Waals surface area (Å²) in [7, 11) is -3.72. The minimum absolute atomic E-state index is 0.315. The Morgan fingerprint density at radius 1 is 1.00 bits per heavy atom. The van der Waals surface area contributed by atoms with Gasteiger partial charge in [-0.3, -0.25) is 9.10 Å². The maximum Gasteiger partial charge on any atom is 0.245 e. The Morgan fingerprint density at radius 3 is 2.48 bits per heavy atom. The van der Waals surface area contributed by atoms with Crippen molar-refractivity contribution in [3.8, 4) is 5.75 Å². The van der Waals surface area contributed by atoms with E-state index in [4.69, 9.17) is 9.15 Å². The van der Waals surface area contributed by atoms with E-state index in [-0.39, 0.29) is 6.54 Å². The molecule has 8 heteroatoms. The van der Waals surface area contributed by atoms with Crippen LogP contribution in [0.25, 0.3) is 21.9 Å². The third-order valence-corrected chi connectivity index (χ3v) is 5.91. The van der Waals surface area contributed by atoms with Gasteiger partial charge in [0.05, 0.1) is 18.6 Å². The van der Waals surface area contributed by atoms with Crippen molar-refractivity contribution in [2.45, 2.75) is 6.92 Å². The molecule has 1 N–H and O–H groups in total. The molecule has 0 spiro atoms. The van der Waals surface area contributed by atoms with Gasteiger partial charge in [-0.1, -0.05) is 30.3 Å². The van der Waals surface area contributed by atoms with E-state index in [9.17, 15) is 13.2 Å². The Kier molecular flexibility index (Phi) is 5.56. The fraction of sp³-hybridized carbons (Fsp3) is 0.174. The number of fused-ring (bicyclic) bond motifs is 3. The van der Waals surface area contributed by atoms with Crippen molar-refractivity contribution >= 4 is 49.2 Å². The SMILES string of the molecule is CCOc1ccccc1N(CC(=O)Nc1ccc2c(c1)oc1ccccc12)S(C)(=O)=O. The summed E-state index contributed by atoms with van der Waals surface area (Å²) in [5.41, 5.74) is 2.23. The van der Waals surface area contributed by atoms with E-state index < -0.39 is 15.9 Å². The molecule has 0 saturated heterocycles. The van der Waals surface area contributed by atoms with Crippen LogP contribution in [0, 0.1) is 0 Å². The highest BCUT2D eigenvalue weighted by Crippen LogP contribution is 2.31. The summed E-state index contributed by atoms with van der Waals surface area (Å²) in [6.07, 6.45) is 1.06. The van der Waals surface area contributed by atoms with Gasteiger partial charge in [-0.15, -0.1) is 0 Å². The van der Waals surface area contributed by atoms with E-state index in [1.807, 2.05) is 37.3 Å². The molecule has 0 saturated carbocycles. The van der Waals surface area contributed by atoms with Crippen molar-refractivity contribution in [2.75, 3.05) is 29.0 Å². The second-order valence-corrected chi connectivity index (χ2v) is 8.93. The van der Waals surface area contributed by atoms with Crippen LogP contribution in [-0.2, 0) is 14.8 Å². The Morgan fingerprint density at radius 2 is 1.71 bits per heavy atom. The molecule has 0 unspecified atom stereocenters. The molecule has 0 atom stereocenters. The van der Waals surface area contributed by atoms with Gasteiger partial charge in [-0.2, -0.15) is 0 Å². The quantitative estimate of drug-likeness (QED) is 0.462. The molecule has 0 aliphatic rings. The molecule has 3 aromatic carbocycles. The van der Waals surface area contributed by atoms with Gasteiger partial charge >= 0.3 is 0 Å². The van der Waals surface area contributed by atoms with Crippen molar-refractivity contribution < 1.29 is 22.4 Å². The fourth-order valence-electron chi connectivity index (χ4n) is 3.46. The van der Waals surface area contributed by atoms with Crippen molar-refractivity contribution in [2.24, 2.45) is 0 Å². The standard InChI is InChI=1S/C23H22N2O5S/c1-3-29-21-11-7-5-9-19(21)25(31(2,27)28)15-23(26)24-16-12-13-18-17-8-4-6-10-20(17)30-22(18)14-16/h4-14H,3,15H2,1-2H3,(H,24,26). The smallest absolute Gasteiger partial charge is 0.245 e. The van der Waals surface area contributed by atoms with Gasteiger partial charge in [-0.25, -0.2) is 8.42 Å². The molecule has 0 aliphatic heterocycles. The number of sulfonamides is 1. The summed E-state index contributed by atoms with van der Waals surface area (Å²) in [5.74, 6) is -0.0842. The first-order chi connectivity index (χ1) is 14.9. The summed E-state index contributed by atoms with van der Waals surface area (Å²) in [4.78, 5) is 12.7. The van der Waals surface area contributed by atoms with E-state index in [1.165, 1.54) is 0 Å². The minimum atomic E-state index is -3.72. The van der Waals surface area contributed by atoms with Gasteiger partial charge in [0.2, 0.25) is 15.9 Å². The number of para-hydroxylation sites is 3. The van der Waals surface area contributed by atoms with Crippen LogP contribution in [0.2, 0.25) is 0 Å². The Bertz CT molecular complexity index is 1360. The second kappa shape index (κ2) is 8.31. The van der Waals surface area contributed by atoms with Crippen LogP contribution in [0.1, 0.15) is 6.92 Å². The number of nitrogens with zero attached hydrogens (tertiary/aromatic N) is 1. The van der Waals surface area contributed by atoms with Crippen LogP contribution in [0.4, 0.5) is 11.4 Å². The lowest BCUT2D eigenvalue weighted by molar-refractivity contribution is -0.114. The second-order valence-electron chi connectivity index (χ2n) is 7.03. The molecule has 7 nitrogen and oxygen atoms in total. The lowest BCUT2D eigenvalue weighted by Crippen LogP contribution is -2.37. The number of rotatable bonds is 7. The van der Waals surface area contributed by atoms with Crippen LogP contribution in [-0.4, -0.2) is 33.7 Å². The van der Waals surface area contributed by atoms with Crippen LogP contribution in [0.3, 0.4) is 0 Å². The van der Waals surface area contributed by atoms with Gasteiger partial charge in [-0.05, 0) is 37.3 Å². The summed E-state index contributed by atoms with van der Waals surface area (Å²) in [6.45, 7) is 1.79. The maximum atomic E-state index is 12.7. The largest absolute Gasteiger partial charge is 0.492 e. The molecule has 0 bridgehead atoms. The molecule has 0 fully saturated rings. The van der Waals surface area contributed by atoms with Gasteiger partial charge in [0.15, 0.2) is 0 Å². The summed E-state index contributed by atoms with van der Waals surface area (Å²) in [5, 5.41) is 4.69. The van der Waals surface area contributed by atoms with E-state index in [1.54, 1.807) is 36.4 Å². The highest BCUT2D eigenvalue weighted by molar-refractivity contribution is 7.92. The van der Waals surface area contributed by atoms with Gasteiger partial charge < -0.3 is 14.5 Å². The first-order valence-electron chi connectivity index (χ1n) is 9.77. The number of furan rings is 1. The highest BCUT2D eigenvalue weighted by atomic mass is 32.2. The van der Waals surface area contributed by atoms with Gasteiger partial charge in [0.25, 0.3) is 0 Å². The topological polar surface area (TPSA) is 88.8 Å². The first-order valence-corrected chi connectivity index (χ1v) is 11.6. The monoisotopic (exact) mass is 438 g/mol. The van der Waals surface area contributed by atoms with E-state index in [0.29, 0.717) is 29.3 Å². The number of carbonyl (C=O) groups excluding carboxylic acids is 1. The van der Waals surface area contributed by atoms with Crippen LogP contribution in [0.15, 0.2) is 71.1 Å². The number of ether oxygens (including phenoxy) is 1. The third kappa shape index (κ3) is 4.34. The number of hydrogen-bond acceptors (Lipinski definition) is 5. The Labute approximate surface area is 180 Å². The molecular formula is C23H22N2O5S. The third-order valence-electron chi connectivity index (χ3n) is 4.78. The molecule has 0 aliphatic carbocycles. The predicted octanol–water partition coefficient (Wildman–Crippen LogP) is 4.39. The average molecular weight is 439 g/mol. The molecule has 1 aromatic heterocycles. The number of benzene rings is 3. The lowest BCUT2D eigenvalue weighted by atomic mass is 10.1. The zero-order chi connectivity index (χ0) is 22.0. The van der Waals surface area contributed by atoms with Crippen molar-refractivity contribution in [1.82, 2.24) is 0 Å². The van der Waals surface area contributed by atoms with E-state index in [0.717, 1.165) is 26.9 Å². The van der Waals surface area contributed by atoms with Gasteiger partial charge in [0, 0.05) is 22.5 Å². The Balaban J connectivity index is 1.59. The predicted molar refractivity (Wildman–Crippen MR) is 122 cm³/mol. The molecule has 0 radical (unpaired) electrons. The Hall–Kier alpha value is -3.52. The van der Waals surface area contributed by atoms with Crippen LogP contribution in [0.5, 0.6) is 5.75 Å².